The molecular formula is C16H13NO3S2. The van der Waals surface area contributed by atoms with Crippen molar-refractivity contribution < 1.29 is 14.3 Å². The van der Waals surface area contributed by atoms with Gasteiger partial charge in [-0.3, -0.25) is 9.69 Å². The first-order valence-electron chi connectivity index (χ1n) is 6.73. The number of carbonyl (C=O) groups is 1. The number of furan rings is 1. The minimum Gasteiger partial charge on any atom is -0.508 e. The van der Waals surface area contributed by atoms with E-state index in [9.17, 15) is 9.90 Å². The van der Waals surface area contributed by atoms with E-state index in [0.29, 0.717) is 27.3 Å². The van der Waals surface area contributed by atoms with Crippen LogP contribution in [0.1, 0.15) is 12.7 Å². The van der Waals surface area contributed by atoms with Gasteiger partial charge < -0.3 is 9.52 Å². The number of phenols is 1. The minimum absolute atomic E-state index is 0.0833. The van der Waals surface area contributed by atoms with Crippen LogP contribution >= 0.6 is 24.0 Å². The van der Waals surface area contributed by atoms with Gasteiger partial charge in [0, 0.05) is 18.2 Å². The molecule has 1 aliphatic rings. The molecule has 1 N–H and O–H groups in total. The van der Waals surface area contributed by atoms with Crippen LogP contribution in [0.3, 0.4) is 0 Å². The van der Waals surface area contributed by atoms with Crippen molar-refractivity contribution in [1.82, 2.24) is 4.90 Å². The summed E-state index contributed by atoms with van der Waals surface area (Å²) < 4.78 is 6.31. The van der Waals surface area contributed by atoms with Gasteiger partial charge in [0.25, 0.3) is 5.91 Å². The number of thiocarbonyl (C=S) groups is 1. The van der Waals surface area contributed by atoms with Crippen LogP contribution in [0, 0.1) is 0 Å². The Morgan fingerprint density at radius 3 is 2.64 bits per heavy atom. The molecule has 1 aromatic carbocycles. The zero-order valence-electron chi connectivity index (χ0n) is 11.8. The van der Waals surface area contributed by atoms with Crippen molar-refractivity contribution >= 4 is 40.3 Å². The van der Waals surface area contributed by atoms with Gasteiger partial charge in [-0.15, -0.1) is 0 Å². The van der Waals surface area contributed by atoms with Gasteiger partial charge in [-0.25, -0.2) is 0 Å². The second-order valence-corrected chi connectivity index (χ2v) is 6.35. The number of benzene rings is 1. The number of carbonyl (C=O) groups excluding carboxylic acids is 1. The highest BCUT2D eigenvalue weighted by molar-refractivity contribution is 8.26. The number of amides is 1. The van der Waals surface area contributed by atoms with Gasteiger partial charge in [0.2, 0.25) is 0 Å². The number of likely N-dealkylation sites (N-methyl/N-ethyl adjacent to an activating group) is 1. The van der Waals surface area contributed by atoms with Crippen molar-refractivity contribution in [2.75, 3.05) is 6.54 Å². The van der Waals surface area contributed by atoms with Crippen LogP contribution in [0.15, 0.2) is 45.7 Å². The molecule has 0 atom stereocenters. The Labute approximate surface area is 137 Å². The predicted molar refractivity (Wildman–Crippen MR) is 91.4 cm³/mol. The number of rotatable bonds is 3. The van der Waals surface area contributed by atoms with Crippen molar-refractivity contribution in [3.8, 4) is 17.1 Å². The molecule has 0 spiro atoms. The quantitative estimate of drug-likeness (QED) is 0.683. The average Bonchev–Trinajstić information content (AvgIpc) is 3.06. The molecule has 2 aromatic rings. The molecule has 3 rings (SSSR count). The molecule has 0 bridgehead atoms. The van der Waals surface area contributed by atoms with Gasteiger partial charge in [-0.2, -0.15) is 0 Å². The Bertz CT molecular complexity index is 762. The SMILES string of the molecule is CCN1C(=O)C(=Cc2ccc(-c3ccc(O)cc3)o2)SC1=S. The Morgan fingerprint density at radius 1 is 1.27 bits per heavy atom. The second-order valence-electron chi connectivity index (χ2n) is 4.67. The number of thioether (sulfide) groups is 1. The molecule has 0 unspecified atom stereocenters. The monoisotopic (exact) mass is 331 g/mol. The topological polar surface area (TPSA) is 53.7 Å². The number of hydrogen-bond donors (Lipinski definition) is 1. The molecule has 22 heavy (non-hydrogen) atoms. The Hall–Kier alpha value is -2.05. The molecule has 112 valence electrons. The molecule has 0 saturated carbocycles. The van der Waals surface area contributed by atoms with Gasteiger partial charge >= 0.3 is 0 Å². The molecule has 0 radical (unpaired) electrons. The zero-order chi connectivity index (χ0) is 15.7. The third kappa shape index (κ3) is 2.80. The molecule has 1 amide bonds. The van der Waals surface area contributed by atoms with Gasteiger partial charge in [0.15, 0.2) is 0 Å². The van der Waals surface area contributed by atoms with Crippen molar-refractivity contribution in [1.29, 1.82) is 0 Å². The zero-order valence-corrected chi connectivity index (χ0v) is 13.4. The number of hydrogen-bond acceptors (Lipinski definition) is 5. The molecule has 6 heteroatoms. The highest BCUT2D eigenvalue weighted by atomic mass is 32.2. The van der Waals surface area contributed by atoms with Gasteiger partial charge in [-0.05, 0) is 43.3 Å². The van der Waals surface area contributed by atoms with E-state index >= 15 is 0 Å². The summed E-state index contributed by atoms with van der Waals surface area (Å²) in [7, 11) is 0. The molecule has 4 nitrogen and oxygen atoms in total. The van der Waals surface area contributed by atoms with Crippen LogP contribution < -0.4 is 0 Å². The fraction of sp³-hybridized carbons (Fsp3) is 0.125. The van der Waals surface area contributed by atoms with E-state index in [1.165, 1.54) is 11.8 Å². The van der Waals surface area contributed by atoms with E-state index in [-0.39, 0.29) is 11.7 Å². The first kappa shape index (κ1) is 14.9. The first-order valence-corrected chi connectivity index (χ1v) is 7.95. The van der Waals surface area contributed by atoms with Gasteiger partial charge in [-0.1, -0.05) is 24.0 Å². The molecular weight excluding hydrogens is 318 g/mol. The first-order chi connectivity index (χ1) is 10.6. The van der Waals surface area contributed by atoms with Crippen LogP contribution in [0.5, 0.6) is 5.75 Å². The lowest BCUT2D eigenvalue weighted by Crippen LogP contribution is -2.27. The maximum Gasteiger partial charge on any atom is 0.266 e. The third-order valence-corrected chi connectivity index (χ3v) is 4.62. The van der Waals surface area contributed by atoms with E-state index in [1.807, 2.05) is 13.0 Å². The summed E-state index contributed by atoms with van der Waals surface area (Å²) in [5.74, 6) is 1.40. The highest BCUT2D eigenvalue weighted by Crippen LogP contribution is 2.33. The predicted octanol–water partition coefficient (Wildman–Crippen LogP) is 3.87. The molecule has 2 heterocycles. The largest absolute Gasteiger partial charge is 0.508 e. The smallest absolute Gasteiger partial charge is 0.266 e. The fourth-order valence-corrected chi connectivity index (χ4v) is 3.48. The lowest BCUT2D eigenvalue weighted by atomic mass is 10.2. The lowest BCUT2D eigenvalue weighted by Gasteiger charge is -2.09. The van der Waals surface area contributed by atoms with E-state index in [1.54, 1.807) is 41.3 Å². The Kier molecular flexibility index (Phi) is 4.04. The molecule has 1 saturated heterocycles. The number of phenolic OH excluding ortho intramolecular Hbond substituents is 1. The van der Waals surface area contributed by atoms with E-state index in [2.05, 4.69) is 0 Å². The maximum absolute atomic E-state index is 12.1. The molecule has 1 fully saturated rings. The van der Waals surface area contributed by atoms with Gasteiger partial charge in [0.1, 0.15) is 21.6 Å². The van der Waals surface area contributed by atoms with Crippen molar-refractivity contribution in [3.63, 3.8) is 0 Å². The normalized spacial score (nSPS) is 16.8. The molecule has 1 aliphatic heterocycles. The van der Waals surface area contributed by atoms with E-state index in [0.717, 1.165) is 5.56 Å². The second kappa shape index (κ2) is 5.98. The summed E-state index contributed by atoms with van der Waals surface area (Å²) in [5.41, 5.74) is 0.860. The maximum atomic E-state index is 12.1. The minimum atomic E-state index is -0.0833. The van der Waals surface area contributed by atoms with Crippen LogP contribution in [-0.2, 0) is 4.79 Å². The standard InChI is InChI=1S/C16H13NO3S2/c1-2-17-15(19)14(22-16(17)21)9-12-7-8-13(20-12)10-3-5-11(18)6-4-10/h3-9,18H,2H2,1H3. The Morgan fingerprint density at radius 2 is 2.00 bits per heavy atom. The van der Waals surface area contributed by atoms with Crippen LogP contribution in [0.4, 0.5) is 0 Å². The summed E-state index contributed by atoms with van der Waals surface area (Å²) in [6.07, 6.45) is 1.71. The van der Waals surface area contributed by atoms with Gasteiger partial charge in [0.05, 0.1) is 4.91 Å². The molecule has 0 aliphatic carbocycles. The lowest BCUT2D eigenvalue weighted by molar-refractivity contribution is -0.121. The number of aromatic hydroxyl groups is 1. The summed E-state index contributed by atoms with van der Waals surface area (Å²) in [6, 6.07) is 10.4. The summed E-state index contributed by atoms with van der Waals surface area (Å²) in [4.78, 5) is 14.3. The third-order valence-electron chi connectivity index (χ3n) is 3.24. The van der Waals surface area contributed by atoms with Crippen LogP contribution in [0.25, 0.3) is 17.4 Å². The summed E-state index contributed by atoms with van der Waals surface area (Å²) in [6.45, 7) is 2.46. The van der Waals surface area contributed by atoms with Crippen molar-refractivity contribution in [3.05, 3.63) is 47.1 Å². The average molecular weight is 331 g/mol. The number of nitrogens with zero attached hydrogens (tertiary/aromatic N) is 1. The van der Waals surface area contributed by atoms with E-state index in [4.69, 9.17) is 16.6 Å². The fourth-order valence-electron chi connectivity index (χ4n) is 2.11. The highest BCUT2D eigenvalue weighted by Gasteiger charge is 2.30. The van der Waals surface area contributed by atoms with Crippen LogP contribution in [-0.4, -0.2) is 26.8 Å². The van der Waals surface area contributed by atoms with E-state index < -0.39 is 0 Å². The van der Waals surface area contributed by atoms with Crippen molar-refractivity contribution in [2.45, 2.75) is 6.92 Å². The van der Waals surface area contributed by atoms with Crippen LogP contribution in [0.2, 0.25) is 0 Å². The molecule has 1 aromatic heterocycles. The summed E-state index contributed by atoms with van der Waals surface area (Å²) in [5, 5.41) is 9.30. The summed E-state index contributed by atoms with van der Waals surface area (Å²) >= 11 is 6.46. The Balaban J connectivity index is 1.86. The van der Waals surface area contributed by atoms with Crippen molar-refractivity contribution in [2.24, 2.45) is 0 Å².